The minimum atomic E-state index is -0.648. The van der Waals surface area contributed by atoms with Crippen LogP contribution in [0, 0.1) is 0 Å². The van der Waals surface area contributed by atoms with Gasteiger partial charge in [-0.25, -0.2) is 0 Å². The van der Waals surface area contributed by atoms with Crippen molar-refractivity contribution in [1.82, 2.24) is 10.2 Å². The van der Waals surface area contributed by atoms with Crippen molar-refractivity contribution in [2.24, 2.45) is 5.73 Å². The van der Waals surface area contributed by atoms with E-state index in [1.54, 1.807) is 12.3 Å². The Labute approximate surface area is 89.0 Å². The van der Waals surface area contributed by atoms with Crippen molar-refractivity contribution in [2.75, 3.05) is 0 Å². The third-order valence-electron chi connectivity index (χ3n) is 1.71. The van der Waals surface area contributed by atoms with Crippen molar-refractivity contribution in [3.63, 3.8) is 0 Å². The van der Waals surface area contributed by atoms with Crippen LogP contribution in [0.25, 0.3) is 0 Å². The number of carbonyl (C=O) groups excluding carboxylic acids is 1. The van der Waals surface area contributed by atoms with Crippen molar-refractivity contribution in [3.8, 4) is 0 Å². The topological polar surface area (TPSA) is 81.0 Å². The zero-order valence-corrected chi connectivity index (χ0v) is 9.28. The normalized spacial score (nSPS) is 13.6. The lowest BCUT2D eigenvalue weighted by atomic mass is 10.1. The third kappa shape index (κ3) is 4.12. The van der Waals surface area contributed by atoms with E-state index in [0.717, 1.165) is 5.69 Å². The van der Waals surface area contributed by atoms with Crippen LogP contribution in [0.1, 0.15) is 26.5 Å². The van der Waals surface area contributed by atoms with Gasteiger partial charge in [-0.3, -0.25) is 9.89 Å². The van der Waals surface area contributed by atoms with Gasteiger partial charge in [-0.2, -0.15) is 5.10 Å². The number of esters is 1. The fourth-order valence-corrected chi connectivity index (χ4v) is 1.10. The second kappa shape index (κ2) is 4.44. The number of hydrogen-bond acceptors (Lipinski definition) is 4. The summed E-state index contributed by atoms with van der Waals surface area (Å²) in [5, 5.41) is 6.52. The van der Waals surface area contributed by atoms with Gasteiger partial charge in [0.05, 0.1) is 0 Å². The number of nitrogens with two attached hydrogens (primary N) is 1. The summed E-state index contributed by atoms with van der Waals surface area (Å²) >= 11 is 0. The van der Waals surface area contributed by atoms with Crippen LogP contribution in [-0.2, 0) is 16.0 Å². The highest BCUT2D eigenvalue weighted by molar-refractivity contribution is 5.76. The number of ether oxygens (including phenoxy) is 1. The third-order valence-corrected chi connectivity index (χ3v) is 1.71. The summed E-state index contributed by atoms with van der Waals surface area (Å²) in [6.45, 7) is 5.44. The monoisotopic (exact) mass is 211 g/mol. The molecule has 1 heterocycles. The summed E-state index contributed by atoms with van der Waals surface area (Å²) < 4.78 is 5.15. The summed E-state index contributed by atoms with van der Waals surface area (Å²) in [5.41, 5.74) is 6.02. The SMILES string of the molecule is CC(C)(C)OC(=O)[C@@H](N)Cc1ccn[nH]1. The van der Waals surface area contributed by atoms with Crippen LogP contribution < -0.4 is 5.73 Å². The molecular weight excluding hydrogens is 194 g/mol. The minimum Gasteiger partial charge on any atom is -0.459 e. The molecule has 15 heavy (non-hydrogen) atoms. The van der Waals surface area contributed by atoms with Crippen LogP contribution in [-0.4, -0.2) is 27.8 Å². The lowest BCUT2D eigenvalue weighted by Gasteiger charge is -2.21. The lowest BCUT2D eigenvalue weighted by Crippen LogP contribution is -2.38. The molecule has 0 aliphatic carbocycles. The van der Waals surface area contributed by atoms with Gasteiger partial charge >= 0.3 is 5.97 Å². The number of H-pyrrole nitrogens is 1. The standard InChI is InChI=1S/C10H17N3O2/c1-10(2,3)15-9(14)8(11)6-7-4-5-12-13-7/h4-5,8H,6,11H2,1-3H3,(H,12,13)/t8-/m0/s1. The molecular formula is C10H17N3O2. The maximum absolute atomic E-state index is 11.5. The molecule has 0 unspecified atom stereocenters. The van der Waals surface area contributed by atoms with Gasteiger partial charge in [-0.1, -0.05) is 0 Å². The number of aromatic nitrogens is 2. The first-order valence-electron chi connectivity index (χ1n) is 4.85. The molecule has 5 nitrogen and oxygen atoms in total. The molecule has 3 N–H and O–H groups in total. The number of nitrogens with one attached hydrogen (secondary N) is 1. The van der Waals surface area contributed by atoms with E-state index in [4.69, 9.17) is 10.5 Å². The quantitative estimate of drug-likeness (QED) is 0.718. The molecule has 0 radical (unpaired) electrons. The first kappa shape index (κ1) is 11.7. The molecule has 5 heteroatoms. The van der Waals surface area contributed by atoms with Gasteiger partial charge in [0.1, 0.15) is 11.6 Å². The maximum atomic E-state index is 11.5. The van der Waals surface area contributed by atoms with E-state index in [-0.39, 0.29) is 0 Å². The van der Waals surface area contributed by atoms with Crippen LogP contribution in [0.5, 0.6) is 0 Å². The van der Waals surface area contributed by atoms with E-state index in [9.17, 15) is 4.79 Å². The molecule has 0 amide bonds. The molecule has 84 valence electrons. The van der Waals surface area contributed by atoms with Gasteiger partial charge in [0, 0.05) is 18.3 Å². The van der Waals surface area contributed by atoms with Crippen LogP contribution >= 0.6 is 0 Å². The predicted octanol–water partition coefficient (Wildman–Crippen LogP) is 0.621. The zero-order chi connectivity index (χ0) is 11.5. The number of carbonyl (C=O) groups is 1. The number of nitrogens with zero attached hydrogens (tertiary/aromatic N) is 1. The Morgan fingerprint density at radius 2 is 2.33 bits per heavy atom. The summed E-state index contributed by atoms with van der Waals surface area (Å²) in [6, 6.07) is 1.13. The summed E-state index contributed by atoms with van der Waals surface area (Å²) in [5.74, 6) is -0.392. The average molecular weight is 211 g/mol. The predicted molar refractivity (Wildman–Crippen MR) is 56.1 cm³/mol. The van der Waals surface area contributed by atoms with Gasteiger partial charge in [-0.15, -0.1) is 0 Å². The van der Waals surface area contributed by atoms with E-state index < -0.39 is 17.6 Å². The highest BCUT2D eigenvalue weighted by atomic mass is 16.6. The molecule has 1 atom stereocenters. The molecule has 1 rings (SSSR count). The number of hydrogen-bond donors (Lipinski definition) is 2. The second-order valence-electron chi connectivity index (χ2n) is 4.43. The van der Waals surface area contributed by atoms with Crippen molar-refractivity contribution < 1.29 is 9.53 Å². The smallest absolute Gasteiger partial charge is 0.323 e. The van der Waals surface area contributed by atoms with Gasteiger partial charge in [0.25, 0.3) is 0 Å². The van der Waals surface area contributed by atoms with Crippen molar-refractivity contribution in [2.45, 2.75) is 38.8 Å². The average Bonchev–Trinajstić information content (AvgIpc) is 2.53. The molecule has 0 spiro atoms. The minimum absolute atomic E-state index is 0.392. The molecule has 0 aliphatic rings. The summed E-state index contributed by atoms with van der Waals surface area (Å²) in [7, 11) is 0. The van der Waals surface area contributed by atoms with Crippen LogP contribution in [0.2, 0.25) is 0 Å². The Morgan fingerprint density at radius 1 is 1.67 bits per heavy atom. The number of rotatable bonds is 3. The highest BCUT2D eigenvalue weighted by Gasteiger charge is 2.22. The molecule has 1 aromatic rings. The zero-order valence-electron chi connectivity index (χ0n) is 9.28. The molecule has 0 saturated carbocycles. The second-order valence-corrected chi connectivity index (χ2v) is 4.43. The van der Waals surface area contributed by atoms with Gasteiger partial charge in [0.2, 0.25) is 0 Å². The number of aromatic amines is 1. The van der Waals surface area contributed by atoms with Gasteiger partial charge < -0.3 is 10.5 Å². The Morgan fingerprint density at radius 3 is 2.80 bits per heavy atom. The summed E-state index contributed by atoms with van der Waals surface area (Å²) in [6.07, 6.45) is 2.03. The first-order chi connectivity index (χ1) is 6.88. The lowest BCUT2D eigenvalue weighted by molar-refractivity contribution is -0.156. The van der Waals surface area contributed by atoms with E-state index >= 15 is 0 Å². The van der Waals surface area contributed by atoms with E-state index in [1.165, 1.54) is 0 Å². The molecule has 0 bridgehead atoms. The largest absolute Gasteiger partial charge is 0.459 e. The Bertz CT molecular complexity index is 314. The molecule has 0 aromatic carbocycles. The van der Waals surface area contributed by atoms with Crippen molar-refractivity contribution in [3.05, 3.63) is 18.0 Å². The van der Waals surface area contributed by atoms with Crippen molar-refractivity contribution in [1.29, 1.82) is 0 Å². The Hall–Kier alpha value is -1.36. The fourth-order valence-electron chi connectivity index (χ4n) is 1.10. The molecule has 1 aromatic heterocycles. The van der Waals surface area contributed by atoms with E-state index in [0.29, 0.717) is 6.42 Å². The van der Waals surface area contributed by atoms with E-state index in [2.05, 4.69) is 10.2 Å². The van der Waals surface area contributed by atoms with E-state index in [1.807, 2.05) is 20.8 Å². The van der Waals surface area contributed by atoms with Crippen LogP contribution in [0.3, 0.4) is 0 Å². The molecule has 0 saturated heterocycles. The fraction of sp³-hybridized carbons (Fsp3) is 0.600. The summed E-state index contributed by atoms with van der Waals surface area (Å²) in [4.78, 5) is 11.5. The maximum Gasteiger partial charge on any atom is 0.323 e. The molecule has 0 aliphatic heterocycles. The van der Waals surface area contributed by atoms with Crippen molar-refractivity contribution >= 4 is 5.97 Å². The Balaban J connectivity index is 2.47. The van der Waals surface area contributed by atoms with Gasteiger partial charge in [0.15, 0.2) is 0 Å². The van der Waals surface area contributed by atoms with Crippen LogP contribution in [0.4, 0.5) is 0 Å². The first-order valence-corrected chi connectivity index (χ1v) is 4.85. The molecule has 0 fully saturated rings. The van der Waals surface area contributed by atoms with Crippen LogP contribution in [0.15, 0.2) is 12.3 Å². The van der Waals surface area contributed by atoms with Gasteiger partial charge in [-0.05, 0) is 26.8 Å². The highest BCUT2D eigenvalue weighted by Crippen LogP contribution is 2.09. The Kier molecular flexibility index (Phi) is 3.47.